The zero-order chi connectivity index (χ0) is 12.5. The van der Waals surface area contributed by atoms with E-state index in [0.717, 1.165) is 5.56 Å². The van der Waals surface area contributed by atoms with Crippen LogP contribution in [0.1, 0.15) is 28.2 Å². The normalized spacial score (nSPS) is 9.33. The van der Waals surface area contributed by atoms with E-state index in [9.17, 15) is 19.8 Å². The second kappa shape index (κ2) is 8.87. The van der Waals surface area contributed by atoms with Gasteiger partial charge in [-0.2, -0.15) is 0 Å². The minimum absolute atomic E-state index is 0. The fourth-order valence-electron chi connectivity index (χ4n) is 1.98. The Balaban J connectivity index is 0. The molecule has 0 N–H and O–H groups in total. The average Bonchev–Trinajstić information content (AvgIpc) is 2.09. The summed E-state index contributed by atoms with van der Waals surface area (Å²) in [7, 11) is 0. The Morgan fingerprint density at radius 3 is 1.61 bits per heavy atom. The summed E-state index contributed by atoms with van der Waals surface area (Å²) in [5, 5.41) is 21.6. The van der Waals surface area contributed by atoms with Crippen LogP contribution < -0.4 is 91.2 Å². The Bertz CT molecular complexity index is 422. The van der Waals surface area contributed by atoms with E-state index < -0.39 is 17.9 Å². The smallest absolute Gasteiger partial charge is 0.549 e. The van der Waals surface area contributed by atoms with Crippen molar-refractivity contribution in [3.63, 3.8) is 0 Å². The van der Waals surface area contributed by atoms with Crippen LogP contribution in [0.4, 0.5) is 0 Å². The van der Waals surface area contributed by atoms with Gasteiger partial charge in [0.1, 0.15) is 0 Å². The molecule has 0 saturated heterocycles. The maximum Gasteiger partial charge on any atom is 1.00 e. The van der Waals surface area contributed by atoms with Crippen LogP contribution in [0.3, 0.4) is 0 Å². The van der Waals surface area contributed by atoms with E-state index in [-0.39, 0.29) is 86.5 Å². The first-order valence-electron chi connectivity index (χ1n) is 4.84. The van der Waals surface area contributed by atoms with Crippen LogP contribution in [0.25, 0.3) is 0 Å². The fourth-order valence-corrected chi connectivity index (χ4v) is 1.98. The third kappa shape index (κ3) is 5.05. The number of hydrogen-bond donors (Lipinski definition) is 0. The summed E-state index contributed by atoms with van der Waals surface area (Å²) < 4.78 is 0. The molecular formula is C12H12KNaO4. The monoisotopic (exact) mass is 282 g/mol. The van der Waals surface area contributed by atoms with Gasteiger partial charge in [-0.25, -0.2) is 0 Å². The molecule has 0 amide bonds. The molecule has 0 aromatic heterocycles. The van der Waals surface area contributed by atoms with Crippen LogP contribution in [0, 0.1) is 20.8 Å². The zero-order valence-corrected chi connectivity index (χ0v) is 16.5. The Hall–Kier alpha value is 0.796. The first-order valence-corrected chi connectivity index (χ1v) is 4.84. The van der Waals surface area contributed by atoms with E-state index in [0.29, 0.717) is 11.1 Å². The molecule has 0 radical (unpaired) electrons. The van der Waals surface area contributed by atoms with Gasteiger partial charge < -0.3 is 19.8 Å². The summed E-state index contributed by atoms with van der Waals surface area (Å²) in [4.78, 5) is 21.6. The molecule has 0 aliphatic carbocycles. The van der Waals surface area contributed by atoms with E-state index in [4.69, 9.17) is 0 Å². The molecule has 0 spiro atoms. The fraction of sp³-hybridized carbons (Fsp3) is 0.333. The van der Waals surface area contributed by atoms with Gasteiger partial charge in [-0.1, -0.05) is 17.7 Å². The predicted octanol–water partition coefficient (Wildman–Crippen LogP) is -6.80. The maximum atomic E-state index is 10.8. The first-order chi connectivity index (χ1) is 7.34. The number of carboxylic acid groups (broad SMARTS) is 2. The van der Waals surface area contributed by atoms with Crippen molar-refractivity contribution in [2.75, 3.05) is 0 Å². The molecule has 1 rings (SSSR count). The standard InChI is InChI=1S/C12H14O4.K.Na/c1-6-4-7(2)9(8(3)5-6)10(11(13)14)12(15)16;;/h4-5,10H,1-3H3,(H,13,14)(H,15,16);;/q;2*+1/p-2. The molecule has 86 valence electrons. The van der Waals surface area contributed by atoms with Gasteiger partial charge >= 0.3 is 80.9 Å². The largest absolute Gasteiger partial charge is 1.00 e. The molecule has 0 unspecified atom stereocenters. The summed E-state index contributed by atoms with van der Waals surface area (Å²) in [6.07, 6.45) is 0. The number of hydrogen-bond acceptors (Lipinski definition) is 4. The summed E-state index contributed by atoms with van der Waals surface area (Å²) >= 11 is 0. The van der Waals surface area contributed by atoms with Gasteiger partial charge in [-0.05, 0) is 37.5 Å². The molecule has 0 atom stereocenters. The molecule has 4 nitrogen and oxygen atoms in total. The average molecular weight is 282 g/mol. The molecule has 0 aliphatic heterocycles. The van der Waals surface area contributed by atoms with E-state index in [1.54, 1.807) is 26.0 Å². The van der Waals surface area contributed by atoms with Crippen LogP contribution >= 0.6 is 0 Å². The number of carbonyl (C=O) groups excluding carboxylic acids is 2. The van der Waals surface area contributed by atoms with Crippen molar-refractivity contribution in [3.05, 3.63) is 34.4 Å². The Kier molecular flexibility index (Phi) is 10.4. The van der Waals surface area contributed by atoms with E-state index >= 15 is 0 Å². The van der Waals surface area contributed by atoms with Crippen molar-refractivity contribution in [2.45, 2.75) is 26.7 Å². The van der Waals surface area contributed by atoms with Crippen LogP contribution in [-0.4, -0.2) is 11.9 Å². The van der Waals surface area contributed by atoms with Crippen LogP contribution in [0.15, 0.2) is 12.1 Å². The number of carbonyl (C=O) groups is 2. The second-order valence-electron chi connectivity index (χ2n) is 3.88. The summed E-state index contributed by atoms with van der Waals surface area (Å²) in [5.74, 6) is -4.99. The van der Waals surface area contributed by atoms with Crippen molar-refractivity contribution in [1.29, 1.82) is 0 Å². The maximum absolute atomic E-state index is 10.8. The Morgan fingerprint density at radius 1 is 1.00 bits per heavy atom. The van der Waals surface area contributed by atoms with E-state index in [2.05, 4.69) is 0 Å². The molecular weight excluding hydrogens is 270 g/mol. The topological polar surface area (TPSA) is 80.3 Å². The van der Waals surface area contributed by atoms with Crippen molar-refractivity contribution < 1.29 is 101 Å². The minimum Gasteiger partial charge on any atom is -0.549 e. The number of benzene rings is 1. The minimum atomic E-state index is -1.71. The molecule has 0 saturated carbocycles. The molecule has 18 heavy (non-hydrogen) atoms. The van der Waals surface area contributed by atoms with Gasteiger partial charge in [0, 0.05) is 0 Å². The first kappa shape index (κ1) is 21.1. The molecule has 6 heteroatoms. The van der Waals surface area contributed by atoms with Gasteiger partial charge in [0.25, 0.3) is 0 Å². The van der Waals surface area contributed by atoms with Crippen molar-refractivity contribution in [3.8, 4) is 0 Å². The van der Waals surface area contributed by atoms with Gasteiger partial charge in [0.05, 0.1) is 17.9 Å². The van der Waals surface area contributed by atoms with Crippen molar-refractivity contribution >= 4 is 11.9 Å². The molecule has 0 heterocycles. The van der Waals surface area contributed by atoms with E-state index in [1.165, 1.54) is 0 Å². The van der Waals surface area contributed by atoms with Crippen molar-refractivity contribution in [1.82, 2.24) is 0 Å². The van der Waals surface area contributed by atoms with Crippen LogP contribution in [0.5, 0.6) is 0 Å². The number of aryl methyl sites for hydroxylation is 3. The molecule has 1 aromatic rings. The summed E-state index contributed by atoms with van der Waals surface area (Å²) in [6, 6.07) is 3.47. The Morgan fingerprint density at radius 2 is 1.33 bits per heavy atom. The van der Waals surface area contributed by atoms with Crippen molar-refractivity contribution in [2.24, 2.45) is 0 Å². The second-order valence-corrected chi connectivity index (χ2v) is 3.88. The summed E-state index contributed by atoms with van der Waals surface area (Å²) in [6.45, 7) is 5.21. The summed E-state index contributed by atoms with van der Waals surface area (Å²) in [5.41, 5.74) is 2.45. The van der Waals surface area contributed by atoms with Gasteiger partial charge in [-0.15, -0.1) is 0 Å². The molecule has 0 aliphatic rings. The van der Waals surface area contributed by atoms with Gasteiger partial charge in [0.2, 0.25) is 0 Å². The Labute approximate surface area is 171 Å². The third-order valence-electron chi connectivity index (χ3n) is 2.50. The van der Waals surface area contributed by atoms with Crippen LogP contribution in [-0.2, 0) is 9.59 Å². The number of aliphatic carboxylic acids is 2. The predicted molar refractivity (Wildman–Crippen MR) is 53.4 cm³/mol. The SMILES string of the molecule is Cc1cc(C)c(C(C(=O)[O-])C(=O)[O-])c(C)c1.[K+].[Na+]. The molecule has 0 bridgehead atoms. The number of carboxylic acids is 2. The zero-order valence-electron chi connectivity index (χ0n) is 11.4. The molecule has 0 fully saturated rings. The number of rotatable bonds is 3. The van der Waals surface area contributed by atoms with Gasteiger partial charge in [-0.3, -0.25) is 0 Å². The third-order valence-corrected chi connectivity index (χ3v) is 2.50. The van der Waals surface area contributed by atoms with Crippen LogP contribution in [0.2, 0.25) is 0 Å². The quantitative estimate of drug-likeness (QED) is 0.408. The van der Waals surface area contributed by atoms with E-state index in [1.807, 2.05) is 6.92 Å². The van der Waals surface area contributed by atoms with Gasteiger partial charge in [0.15, 0.2) is 0 Å². The molecule has 1 aromatic carbocycles.